The minimum atomic E-state index is -0.815. The van der Waals surface area contributed by atoms with Crippen LogP contribution in [0.1, 0.15) is 22.8 Å². The van der Waals surface area contributed by atoms with Crippen LogP contribution < -0.4 is 5.73 Å². The van der Waals surface area contributed by atoms with Gasteiger partial charge in [0, 0.05) is 35.8 Å². The topological polar surface area (TPSA) is 128 Å². The summed E-state index contributed by atoms with van der Waals surface area (Å²) in [7, 11) is 0. The monoisotopic (exact) mass is 618 g/mol. The summed E-state index contributed by atoms with van der Waals surface area (Å²) in [6.45, 7) is 0. The molecule has 0 saturated carbocycles. The molecule has 44 heavy (non-hydrogen) atoms. The van der Waals surface area contributed by atoms with Crippen LogP contribution in [-0.2, 0) is 24.1 Å². The molecule has 0 spiro atoms. The molecule has 7 rings (SSSR count). The lowest BCUT2D eigenvalue weighted by atomic mass is 10.2. The van der Waals surface area contributed by atoms with Gasteiger partial charge in [0.05, 0.1) is 55.1 Å². The zero-order valence-electron chi connectivity index (χ0n) is 23.7. The first-order chi connectivity index (χ1) is 21.4. The maximum absolute atomic E-state index is 10.4. The largest absolute Gasteiger partial charge is 0.481 e. The molecule has 0 unspecified atom stereocenters. The van der Waals surface area contributed by atoms with Crippen LogP contribution in [0.3, 0.4) is 0 Å². The quantitative estimate of drug-likeness (QED) is 0.132. The number of carboxylic acid groups (broad SMARTS) is 1. The van der Waals surface area contributed by atoms with Gasteiger partial charge in [0.2, 0.25) is 0 Å². The van der Waals surface area contributed by atoms with Gasteiger partial charge in [-0.05, 0) is 55.0 Å². The molecule has 0 amide bonds. The predicted octanol–water partition coefficient (Wildman–Crippen LogP) is 7.23. The van der Waals surface area contributed by atoms with E-state index in [1.165, 1.54) is 4.70 Å². The number of aromatic nitrogens is 5. The molecule has 0 aliphatic rings. The van der Waals surface area contributed by atoms with Crippen molar-refractivity contribution in [2.45, 2.75) is 30.6 Å². The van der Waals surface area contributed by atoms with E-state index in [1.54, 1.807) is 17.5 Å². The summed E-state index contributed by atoms with van der Waals surface area (Å²) in [4.78, 5) is 33.5. The summed E-state index contributed by atoms with van der Waals surface area (Å²) < 4.78 is 1.25. The molecule has 10 heteroatoms. The van der Waals surface area contributed by atoms with Gasteiger partial charge >= 0.3 is 5.97 Å². The van der Waals surface area contributed by atoms with Crippen LogP contribution in [0.25, 0.3) is 32.3 Å². The molecule has 220 valence electrons. The molecule has 0 saturated heterocycles. The van der Waals surface area contributed by atoms with Crippen LogP contribution >= 0.6 is 24.0 Å². The number of nitrogens with two attached hydrogens (primary N) is 1. The fraction of sp³-hybridized carbons (Fsp3) is 0.118. The molecule has 0 fully saturated rings. The van der Waals surface area contributed by atoms with Crippen molar-refractivity contribution in [3.63, 3.8) is 0 Å². The zero-order valence-corrected chi connectivity index (χ0v) is 25.5. The first-order valence-corrected chi connectivity index (χ1v) is 15.2. The van der Waals surface area contributed by atoms with Gasteiger partial charge in [-0.1, -0.05) is 48.5 Å². The van der Waals surface area contributed by atoms with Crippen LogP contribution in [-0.4, -0.2) is 36.0 Å². The fourth-order valence-corrected chi connectivity index (χ4v) is 5.34. The number of para-hydroxylation sites is 6. The number of thiol groups is 1. The van der Waals surface area contributed by atoms with Gasteiger partial charge in [-0.2, -0.15) is 0 Å². The summed E-state index contributed by atoms with van der Waals surface area (Å²) in [5.74, 6) is -0.815. The number of fused-ring (bicyclic) bond motifs is 3. The van der Waals surface area contributed by atoms with Gasteiger partial charge in [-0.25, -0.2) is 15.0 Å². The zero-order chi connectivity index (χ0) is 30.7. The number of thiazole rings is 1. The lowest BCUT2D eigenvalue weighted by Crippen LogP contribution is -2.00. The standard InChI is InChI=1S/C17H13N3S.C11H10N2O2.C6H7NS/c1-2-6-14-13(5-1)18-11-12(19-14)9-10-17-20-15-7-3-4-8-16(15)21-17;14-11(15)6-5-8-7-12-9-3-1-2-4-10(9)13-8;7-5-3-1-2-4-6(5)8/h1-8,11H,9-10H2;1-4,7H,5-6H2,(H,14,15);1-4,8H,7H2. The Hall–Kier alpha value is -4.93. The second kappa shape index (κ2) is 15.0. The summed E-state index contributed by atoms with van der Waals surface area (Å²) in [6, 6.07) is 31.2. The molecule has 0 radical (unpaired) electrons. The van der Waals surface area contributed by atoms with Gasteiger partial charge in [0.15, 0.2) is 0 Å². The first-order valence-electron chi connectivity index (χ1n) is 14.0. The average molecular weight is 619 g/mol. The summed E-state index contributed by atoms with van der Waals surface area (Å²) in [6.07, 6.45) is 5.80. The molecular formula is C34H30N6O2S2. The van der Waals surface area contributed by atoms with Crippen LogP contribution in [0, 0.1) is 0 Å². The van der Waals surface area contributed by atoms with Crippen molar-refractivity contribution in [2.24, 2.45) is 0 Å². The number of aryl methyl sites for hydroxylation is 3. The number of carbonyl (C=O) groups is 1. The average Bonchev–Trinajstić information content (AvgIpc) is 3.48. The van der Waals surface area contributed by atoms with Crippen molar-refractivity contribution < 1.29 is 9.90 Å². The van der Waals surface area contributed by atoms with Gasteiger partial charge in [-0.3, -0.25) is 14.8 Å². The molecule has 0 aliphatic carbocycles. The number of nitrogens with zero attached hydrogens (tertiary/aromatic N) is 5. The molecule has 7 aromatic rings. The molecule has 3 heterocycles. The molecule has 8 nitrogen and oxygen atoms in total. The third-order valence-corrected chi connectivity index (χ3v) is 7.97. The van der Waals surface area contributed by atoms with Crippen LogP contribution in [0.15, 0.2) is 114 Å². The minimum absolute atomic E-state index is 0.0903. The van der Waals surface area contributed by atoms with Crippen LogP contribution in [0.2, 0.25) is 0 Å². The van der Waals surface area contributed by atoms with E-state index in [1.807, 2.05) is 85.1 Å². The number of anilines is 1. The Morgan fingerprint density at radius 3 is 1.73 bits per heavy atom. The van der Waals surface area contributed by atoms with E-state index < -0.39 is 5.97 Å². The smallest absolute Gasteiger partial charge is 0.303 e. The molecular weight excluding hydrogens is 589 g/mol. The molecule has 3 N–H and O–H groups in total. The number of rotatable bonds is 6. The van der Waals surface area contributed by atoms with Crippen molar-refractivity contribution in [3.05, 3.63) is 126 Å². The number of hydrogen-bond acceptors (Lipinski definition) is 9. The number of carboxylic acids is 1. The highest BCUT2D eigenvalue weighted by atomic mass is 32.1. The Bertz CT molecular complexity index is 1960. The lowest BCUT2D eigenvalue weighted by Gasteiger charge is -2.00. The Morgan fingerprint density at radius 2 is 1.18 bits per heavy atom. The Morgan fingerprint density at radius 1 is 0.659 bits per heavy atom. The third kappa shape index (κ3) is 8.56. The highest BCUT2D eigenvalue weighted by Gasteiger charge is 2.06. The van der Waals surface area contributed by atoms with E-state index in [9.17, 15) is 4.79 Å². The Kier molecular flexibility index (Phi) is 10.4. The van der Waals surface area contributed by atoms with E-state index >= 15 is 0 Å². The van der Waals surface area contributed by atoms with Crippen molar-refractivity contribution in [2.75, 3.05) is 5.73 Å². The fourth-order valence-electron chi connectivity index (χ4n) is 4.22. The van der Waals surface area contributed by atoms with Crippen molar-refractivity contribution in [1.29, 1.82) is 0 Å². The molecule has 4 aromatic carbocycles. The number of benzene rings is 4. The van der Waals surface area contributed by atoms with E-state index in [0.717, 1.165) is 67.4 Å². The van der Waals surface area contributed by atoms with E-state index in [-0.39, 0.29) is 6.42 Å². The number of nitrogen functional groups attached to an aromatic ring is 1. The maximum Gasteiger partial charge on any atom is 0.303 e. The van der Waals surface area contributed by atoms with Crippen molar-refractivity contribution in [1.82, 2.24) is 24.9 Å². The lowest BCUT2D eigenvalue weighted by molar-refractivity contribution is -0.136. The van der Waals surface area contributed by atoms with E-state index in [4.69, 9.17) is 10.8 Å². The highest BCUT2D eigenvalue weighted by molar-refractivity contribution is 7.80. The van der Waals surface area contributed by atoms with Gasteiger partial charge in [0.1, 0.15) is 0 Å². The van der Waals surface area contributed by atoms with Gasteiger partial charge < -0.3 is 10.8 Å². The van der Waals surface area contributed by atoms with Crippen LogP contribution in [0.4, 0.5) is 5.69 Å². The summed E-state index contributed by atoms with van der Waals surface area (Å²) in [5, 5.41) is 9.70. The summed E-state index contributed by atoms with van der Waals surface area (Å²) >= 11 is 5.83. The van der Waals surface area contributed by atoms with E-state index in [2.05, 4.69) is 55.7 Å². The summed E-state index contributed by atoms with van der Waals surface area (Å²) in [5.41, 5.74) is 12.5. The highest BCUT2D eigenvalue weighted by Crippen LogP contribution is 2.22. The van der Waals surface area contributed by atoms with Gasteiger partial charge in [0.25, 0.3) is 0 Å². The Labute approximate surface area is 264 Å². The number of aliphatic carboxylic acids is 1. The van der Waals surface area contributed by atoms with Crippen LogP contribution in [0.5, 0.6) is 0 Å². The molecule has 0 atom stereocenters. The normalized spacial score (nSPS) is 10.6. The third-order valence-electron chi connectivity index (χ3n) is 6.46. The molecule has 0 aliphatic heterocycles. The second-order valence-corrected chi connectivity index (χ2v) is 11.3. The first kappa shape index (κ1) is 30.5. The van der Waals surface area contributed by atoms with Gasteiger partial charge in [-0.15, -0.1) is 24.0 Å². The maximum atomic E-state index is 10.4. The second-order valence-electron chi connectivity index (χ2n) is 9.73. The van der Waals surface area contributed by atoms with Crippen molar-refractivity contribution in [3.8, 4) is 0 Å². The minimum Gasteiger partial charge on any atom is -0.481 e. The predicted molar refractivity (Wildman–Crippen MR) is 180 cm³/mol. The van der Waals surface area contributed by atoms with Crippen molar-refractivity contribution >= 4 is 67.9 Å². The van der Waals surface area contributed by atoms with E-state index in [0.29, 0.717) is 6.42 Å². The molecule has 0 bridgehead atoms. The SMILES string of the molecule is Nc1ccccc1S.O=C(O)CCc1cnc2ccccc2n1.c1ccc2nc(CCc3nc4ccccc4s3)cnc2c1. The Balaban J connectivity index is 0.000000145. The number of hydrogen-bond donors (Lipinski definition) is 3. The molecule has 3 aromatic heterocycles.